The predicted molar refractivity (Wildman–Crippen MR) is 72.8 cm³/mol. The van der Waals surface area contributed by atoms with E-state index in [-0.39, 0.29) is 6.42 Å². The van der Waals surface area contributed by atoms with E-state index in [1.54, 1.807) is 30.3 Å². The van der Waals surface area contributed by atoms with Gasteiger partial charge in [-0.2, -0.15) is 0 Å². The lowest BCUT2D eigenvalue weighted by molar-refractivity contribution is -0.189. The van der Waals surface area contributed by atoms with Gasteiger partial charge in [-0.25, -0.2) is 4.79 Å². The summed E-state index contributed by atoms with van der Waals surface area (Å²) < 4.78 is 11.3. The molecule has 1 atom stereocenters. The summed E-state index contributed by atoms with van der Waals surface area (Å²) in [6, 6.07) is 16.3. The van der Waals surface area contributed by atoms with Gasteiger partial charge in [-0.15, -0.1) is 0 Å². The summed E-state index contributed by atoms with van der Waals surface area (Å²) in [5.41, 5.74) is 1.00. The molecule has 0 aliphatic carbocycles. The van der Waals surface area contributed by atoms with Crippen LogP contribution in [0, 0.1) is 0 Å². The summed E-state index contributed by atoms with van der Waals surface area (Å²) in [6.45, 7) is 0. The van der Waals surface area contributed by atoms with Crippen LogP contribution in [0.4, 0.5) is 0 Å². The van der Waals surface area contributed by atoms with Crippen LogP contribution in [0.15, 0.2) is 54.6 Å². The highest BCUT2D eigenvalue weighted by Crippen LogP contribution is 2.35. The van der Waals surface area contributed by atoms with Gasteiger partial charge in [0, 0.05) is 6.42 Å². The topological polar surface area (TPSA) is 55.8 Å². The second-order valence-electron chi connectivity index (χ2n) is 4.68. The van der Waals surface area contributed by atoms with Gasteiger partial charge < -0.3 is 14.6 Å². The van der Waals surface area contributed by atoms with Crippen molar-refractivity contribution in [3.8, 4) is 11.5 Å². The molecule has 1 aliphatic rings. The van der Waals surface area contributed by atoms with Crippen molar-refractivity contribution in [2.45, 2.75) is 18.6 Å². The minimum absolute atomic E-state index is 0.272. The second-order valence-corrected chi connectivity index (χ2v) is 4.68. The van der Waals surface area contributed by atoms with Crippen molar-refractivity contribution in [2.24, 2.45) is 0 Å². The number of fused-ring (bicyclic) bond motifs is 1. The molecule has 102 valence electrons. The van der Waals surface area contributed by atoms with Gasteiger partial charge >= 0.3 is 11.8 Å². The second kappa shape index (κ2) is 4.89. The first-order valence-electron chi connectivity index (χ1n) is 6.44. The van der Waals surface area contributed by atoms with Crippen LogP contribution in [0.1, 0.15) is 12.0 Å². The molecular weight excluding hydrogens is 256 g/mol. The van der Waals surface area contributed by atoms with Crippen LogP contribution in [0.25, 0.3) is 0 Å². The molecule has 0 aromatic heterocycles. The minimum atomic E-state index is -1.66. The third-order valence-corrected chi connectivity index (χ3v) is 3.32. The molecule has 4 nitrogen and oxygen atoms in total. The van der Waals surface area contributed by atoms with Crippen LogP contribution in [0.3, 0.4) is 0 Å². The lowest BCUT2D eigenvalue weighted by Gasteiger charge is -2.34. The Morgan fingerprint density at radius 2 is 1.80 bits per heavy atom. The fraction of sp³-hybridized carbons (Fsp3) is 0.188. The van der Waals surface area contributed by atoms with Gasteiger partial charge in [-0.3, -0.25) is 0 Å². The van der Waals surface area contributed by atoms with Gasteiger partial charge in [-0.05, 0) is 30.2 Å². The van der Waals surface area contributed by atoms with Crippen molar-refractivity contribution in [2.75, 3.05) is 0 Å². The summed E-state index contributed by atoms with van der Waals surface area (Å²) in [6.07, 6.45) is 0.879. The first kappa shape index (κ1) is 12.5. The van der Waals surface area contributed by atoms with E-state index in [4.69, 9.17) is 9.47 Å². The summed E-state index contributed by atoms with van der Waals surface area (Å²) >= 11 is 0. The zero-order valence-electron chi connectivity index (χ0n) is 10.8. The summed E-state index contributed by atoms with van der Waals surface area (Å²) in [4.78, 5) is 11.6. The van der Waals surface area contributed by atoms with E-state index in [2.05, 4.69) is 0 Å². The van der Waals surface area contributed by atoms with E-state index in [0.717, 1.165) is 5.56 Å². The molecule has 0 amide bonds. The van der Waals surface area contributed by atoms with Crippen molar-refractivity contribution < 1.29 is 19.4 Å². The van der Waals surface area contributed by atoms with Gasteiger partial charge in [-0.1, -0.05) is 36.4 Å². The number of hydrogen-bond donors (Lipinski definition) is 1. The van der Waals surface area contributed by atoms with E-state index in [1.165, 1.54) is 0 Å². The standard InChI is InChI=1S/C16H14O4/c17-15(18)16(19-13-7-2-1-3-8-13)11-10-12-6-4-5-9-14(12)20-16/h1-9H,10-11H2,(H,17,18). The molecule has 1 aliphatic heterocycles. The molecule has 0 saturated carbocycles. The number of carboxylic acid groups (broad SMARTS) is 1. The van der Waals surface area contributed by atoms with Crippen LogP contribution < -0.4 is 9.47 Å². The highest BCUT2D eigenvalue weighted by atomic mass is 16.7. The molecule has 20 heavy (non-hydrogen) atoms. The molecule has 0 radical (unpaired) electrons. The maximum Gasteiger partial charge on any atom is 0.390 e. The maximum absolute atomic E-state index is 11.6. The van der Waals surface area contributed by atoms with E-state index >= 15 is 0 Å². The molecule has 0 bridgehead atoms. The Kier molecular flexibility index (Phi) is 3.06. The number of aliphatic carboxylic acids is 1. The molecule has 1 unspecified atom stereocenters. The Balaban J connectivity index is 1.93. The van der Waals surface area contributed by atoms with Crippen molar-refractivity contribution in [3.05, 3.63) is 60.2 Å². The molecular formula is C16H14O4. The molecule has 3 rings (SSSR count). The number of rotatable bonds is 3. The Morgan fingerprint density at radius 1 is 1.10 bits per heavy atom. The van der Waals surface area contributed by atoms with E-state index in [0.29, 0.717) is 17.9 Å². The summed E-state index contributed by atoms with van der Waals surface area (Å²) in [5, 5.41) is 9.53. The van der Waals surface area contributed by atoms with Crippen LogP contribution in [0.5, 0.6) is 11.5 Å². The molecule has 0 fully saturated rings. The van der Waals surface area contributed by atoms with Gasteiger partial charge in [0.1, 0.15) is 11.5 Å². The average Bonchev–Trinajstić information content (AvgIpc) is 2.48. The van der Waals surface area contributed by atoms with E-state index < -0.39 is 11.8 Å². The lowest BCUT2D eigenvalue weighted by atomic mass is 9.99. The van der Waals surface area contributed by atoms with Crippen molar-refractivity contribution in [1.82, 2.24) is 0 Å². The molecule has 0 saturated heterocycles. The van der Waals surface area contributed by atoms with Gasteiger partial charge in [0.25, 0.3) is 0 Å². The quantitative estimate of drug-likeness (QED) is 0.931. The number of hydrogen-bond acceptors (Lipinski definition) is 3. The molecule has 1 heterocycles. The molecule has 4 heteroatoms. The first-order chi connectivity index (χ1) is 9.70. The average molecular weight is 270 g/mol. The van der Waals surface area contributed by atoms with Crippen LogP contribution >= 0.6 is 0 Å². The SMILES string of the molecule is O=C(O)C1(Oc2ccccc2)CCc2ccccc2O1. The van der Waals surface area contributed by atoms with Crippen molar-refractivity contribution in [1.29, 1.82) is 0 Å². The van der Waals surface area contributed by atoms with Crippen LogP contribution in [-0.2, 0) is 11.2 Å². The number of aryl methyl sites for hydroxylation is 1. The van der Waals surface area contributed by atoms with Gasteiger partial charge in [0.05, 0.1) is 0 Å². The fourth-order valence-corrected chi connectivity index (χ4v) is 2.28. The molecule has 2 aromatic carbocycles. The number of carboxylic acids is 1. The van der Waals surface area contributed by atoms with Gasteiger partial charge in [0.15, 0.2) is 0 Å². The number of benzene rings is 2. The smallest absolute Gasteiger partial charge is 0.390 e. The molecule has 1 N–H and O–H groups in total. The fourth-order valence-electron chi connectivity index (χ4n) is 2.28. The number of carbonyl (C=O) groups is 1. The predicted octanol–water partition coefficient (Wildman–Crippen LogP) is 2.87. The van der Waals surface area contributed by atoms with Crippen LogP contribution in [0.2, 0.25) is 0 Å². The summed E-state index contributed by atoms with van der Waals surface area (Å²) in [7, 11) is 0. The maximum atomic E-state index is 11.6. The van der Waals surface area contributed by atoms with E-state index in [1.807, 2.05) is 24.3 Å². The Labute approximate surface area is 116 Å². The Hall–Kier alpha value is -2.49. The summed E-state index contributed by atoms with van der Waals surface area (Å²) in [5.74, 6) is -1.72. The normalized spacial score (nSPS) is 20.6. The third kappa shape index (κ3) is 2.20. The monoisotopic (exact) mass is 270 g/mol. The number of para-hydroxylation sites is 2. The zero-order valence-corrected chi connectivity index (χ0v) is 10.8. The number of ether oxygens (including phenoxy) is 2. The highest BCUT2D eigenvalue weighted by molar-refractivity contribution is 5.77. The van der Waals surface area contributed by atoms with Crippen molar-refractivity contribution >= 4 is 5.97 Å². The first-order valence-corrected chi connectivity index (χ1v) is 6.44. The highest BCUT2D eigenvalue weighted by Gasteiger charge is 2.46. The third-order valence-electron chi connectivity index (χ3n) is 3.32. The van der Waals surface area contributed by atoms with Crippen molar-refractivity contribution in [3.63, 3.8) is 0 Å². The van der Waals surface area contributed by atoms with Gasteiger partial charge in [0.2, 0.25) is 0 Å². The minimum Gasteiger partial charge on any atom is -0.475 e. The lowest BCUT2D eigenvalue weighted by Crippen LogP contribution is -2.52. The zero-order chi connectivity index (χ0) is 14.0. The Bertz CT molecular complexity index is 623. The largest absolute Gasteiger partial charge is 0.475 e. The Morgan fingerprint density at radius 3 is 2.55 bits per heavy atom. The molecule has 0 spiro atoms. The molecule has 2 aromatic rings. The van der Waals surface area contributed by atoms with Crippen LogP contribution in [-0.4, -0.2) is 16.9 Å². The van der Waals surface area contributed by atoms with E-state index in [9.17, 15) is 9.90 Å².